The van der Waals surface area contributed by atoms with Crippen LogP contribution < -0.4 is 14.4 Å². The molecule has 1 amide bonds. The van der Waals surface area contributed by atoms with E-state index in [-0.39, 0.29) is 25.3 Å². The van der Waals surface area contributed by atoms with Crippen molar-refractivity contribution in [3.05, 3.63) is 42.0 Å². The fourth-order valence-electron chi connectivity index (χ4n) is 3.18. The number of anilines is 1. The van der Waals surface area contributed by atoms with Crippen LogP contribution in [-0.4, -0.2) is 25.3 Å². The van der Waals surface area contributed by atoms with Crippen molar-refractivity contribution in [2.75, 3.05) is 18.3 Å². The molecule has 24 heavy (non-hydrogen) atoms. The largest absolute Gasteiger partial charge is 0.454 e. The van der Waals surface area contributed by atoms with Gasteiger partial charge in [-0.25, -0.2) is 0 Å². The summed E-state index contributed by atoms with van der Waals surface area (Å²) in [5.41, 5.74) is 4.01. The van der Waals surface area contributed by atoms with Crippen molar-refractivity contribution in [3.63, 3.8) is 0 Å². The molecule has 2 aliphatic rings. The van der Waals surface area contributed by atoms with Crippen LogP contribution in [0.1, 0.15) is 19.4 Å². The van der Waals surface area contributed by atoms with Crippen molar-refractivity contribution < 1.29 is 19.0 Å². The maximum Gasteiger partial charge on any atom is 0.253 e. The molecule has 0 saturated heterocycles. The number of hydrogen-bond acceptors (Lipinski definition) is 4. The molecule has 5 nitrogen and oxygen atoms in total. The van der Waals surface area contributed by atoms with Crippen LogP contribution in [0.4, 0.5) is 5.69 Å². The Labute approximate surface area is 140 Å². The van der Waals surface area contributed by atoms with Crippen LogP contribution in [0.2, 0.25) is 0 Å². The molecule has 0 aromatic heterocycles. The highest BCUT2D eigenvalue weighted by molar-refractivity contribution is 5.96. The second-order valence-electron chi connectivity index (χ2n) is 6.26. The zero-order chi connectivity index (χ0) is 16.7. The Morgan fingerprint density at radius 3 is 2.54 bits per heavy atom. The highest BCUT2D eigenvalue weighted by Gasteiger charge is 2.25. The van der Waals surface area contributed by atoms with Crippen molar-refractivity contribution in [2.24, 2.45) is 0 Å². The highest BCUT2D eigenvalue weighted by Crippen LogP contribution is 2.38. The molecule has 2 aromatic rings. The van der Waals surface area contributed by atoms with Crippen molar-refractivity contribution in [2.45, 2.75) is 26.5 Å². The number of amides is 1. The van der Waals surface area contributed by atoms with E-state index in [1.807, 2.05) is 49.1 Å². The molecule has 0 bridgehead atoms. The van der Waals surface area contributed by atoms with Gasteiger partial charge >= 0.3 is 0 Å². The number of rotatable bonds is 2. The molecule has 0 saturated carbocycles. The molecular formula is C19H19NO4. The smallest absolute Gasteiger partial charge is 0.253 e. The van der Waals surface area contributed by atoms with E-state index in [1.165, 1.54) is 0 Å². The molecule has 0 fully saturated rings. The van der Waals surface area contributed by atoms with E-state index in [2.05, 4.69) is 6.07 Å². The fourth-order valence-corrected chi connectivity index (χ4v) is 3.18. The fraction of sp³-hybridized carbons (Fsp3) is 0.316. The van der Waals surface area contributed by atoms with Gasteiger partial charge in [0.05, 0.1) is 12.3 Å². The van der Waals surface area contributed by atoms with E-state index in [0.29, 0.717) is 6.61 Å². The van der Waals surface area contributed by atoms with Crippen molar-refractivity contribution >= 4 is 11.6 Å². The summed E-state index contributed by atoms with van der Waals surface area (Å²) in [4.78, 5) is 14.2. The SMILES string of the molecule is CC(C)N1C(=O)COCc2ccc(-c3ccc4c(c3)OCO4)cc21. The lowest BCUT2D eigenvalue weighted by molar-refractivity contribution is -0.123. The van der Waals surface area contributed by atoms with E-state index < -0.39 is 0 Å². The summed E-state index contributed by atoms with van der Waals surface area (Å²) in [6.45, 7) is 4.86. The summed E-state index contributed by atoms with van der Waals surface area (Å²) in [7, 11) is 0. The third-order valence-electron chi connectivity index (χ3n) is 4.32. The van der Waals surface area contributed by atoms with Gasteiger partial charge in [-0.05, 0) is 43.2 Å². The van der Waals surface area contributed by atoms with E-state index in [4.69, 9.17) is 14.2 Å². The predicted octanol–water partition coefficient (Wildman–Crippen LogP) is 3.35. The molecule has 0 spiro atoms. The quantitative estimate of drug-likeness (QED) is 0.849. The predicted molar refractivity (Wildman–Crippen MR) is 90.3 cm³/mol. The van der Waals surface area contributed by atoms with Gasteiger partial charge in [0, 0.05) is 11.6 Å². The Morgan fingerprint density at radius 1 is 0.958 bits per heavy atom. The van der Waals surface area contributed by atoms with E-state index >= 15 is 0 Å². The average molecular weight is 325 g/mol. The maximum atomic E-state index is 12.4. The standard InChI is InChI=1S/C19H19NO4/c1-12(2)20-16-7-13(3-4-15(16)9-22-10-19(20)21)14-5-6-17-18(8-14)24-11-23-17/h3-8,12H,9-11H2,1-2H3. The van der Waals surface area contributed by atoms with Crippen LogP contribution in [0, 0.1) is 0 Å². The Bertz CT molecular complexity index is 800. The number of carbonyl (C=O) groups excluding carboxylic acids is 1. The Kier molecular flexibility index (Phi) is 3.65. The second-order valence-corrected chi connectivity index (χ2v) is 6.26. The lowest BCUT2D eigenvalue weighted by atomic mass is 10.0. The van der Waals surface area contributed by atoms with Crippen LogP contribution in [0.5, 0.6) is 11.5 Å². The second kappa shape index (κ2) is 5.83. The number of ether oxygens (including phenoxy) is 3. The molecule has 0 atom stereocenters. The summed E-state index contributed by atoms with van der Waals surface area (Å²) in [5.74, 6) is 1.51. The maximum absolute atomic E-state index is 12.4. The summed E-state index contributed by atoms with van der Waals surface area (Å²) >= 11 is 0. The van der Waals surface area contributed by atoms with Crippen LogP contribution >= 0.6 is 0 Å². The van der Waals surface area contributed by atoms with E-state index in [9.17, 15) is 4.79 Å². The van der Waals surface area contributed by atoms with Crippen LogP contribution in [0.3, 0.4) is 0 Å². The molecular weight excluding hydrogens is 306 g/mol. The zero-order valence-corrected chi connectivity index (χ0v) is 13.7. The number of nitrogens with zero attached hydrogens (tertiary/aromatic N) is 1. The van der Waals surface area contributed by atoms with Gasteiger partial charge in [-0.1, -0.05) is 18.2 Å². The highest BCUT2D eigenvalue weighted by atomic mass is 16.7. The summed E-state index contributed by atoms with van der Waals surface area (Å²) < 4.78 is 16.3. The van der Waals surface area contributed by atoms with Crippen molar-refractivity contribution in [1.82, 2.24) is 0 Å². The molecule has 0 radical (unpaired) electrons. The molecule has 2 heterocycles. The van der Waals surface area contributed by atoms with Gasteiger partial charge in [-0.3, -0.25) is 4.79 Å². The number of hydrogen-bond donors (Lipinski definition) is 0. The minimum Gasteiger partial charge on any atom is -0.454 e. The first-order chi connectivity index (χ1) is 11.6. The minimum absolute atomic E-state index is 0.00779. The summed E-state index contributed by atoms with van der Waals surface area (Å²) in [6, 6.07) is 12.1. The Balaban J connectivity index is 1.79. The average Bonchev–Trinajstić information content (AvgIpc) is 2.96. The zero-order valence-electron chi connectivity index (χ0n) is 13.7. The lowest BCUT2D eigenvalue weighted by Crippen LogP contribution is -2.38. The first-order valence-electron chi connectivity index (χ1n) is 8.06. The van der Waals surface area contributed by atoms with Gasteiger partial charge in [-0.15, -0.1) is 0 Å². The molecule has 2 aliphatic heterocycles. The summed E-state index contributed by atoms with van der Waals surface area (Å²) in [6.07, 6.45) is 0. The number of fused-ring (bicyclic) bond motifs is 2. The molecule has 124 valence electrons. The van der Waals surface area contributed by atoms with Crippen LogP contribution in [0.25, 0.3) is 11.1 Å². The van der Waals surface area contributed by atoms with Gasteiger partial charge in [0.25, 0.3) is 5.91 Å². The van der Waals surface area contributed by atoms with Gasteiger partial charge in [-0.2, -0.15) is 0 Å². The van der Waals surface area contributed by atoms with Crippen LogP contribution in [-0.2, 0) is 16.1 Å². The van der Waals surface area contributed by atoms with Crippen molar-refractivity contribution in [3.8, 4) is 22.6 Å². The normalized spacial score (nSPS) is 16.3. The molecule has 4 rings (SSSR count). The molecule has 0 N–H and O–H groups in total. The van der Waals surface area contributed by atoms with Crippen LogP contribution in [0.15, 0.2) is 36.4 Å². The first-order valence-corrected chi connectivity index (χ1v) is 8.06. The third-order valence-corrected chi connectivity index (χ3v) is 4.32. The first kappa shape index (κ1) is 15.0. The molecule has 0 aliphatic carbocycles. The number of benzene rings is 2. The van der Waals surface area contributed by atoms with E-state index in [0.717, 1.165) is 33.9 Å². The minimum atomic E-state index is -0.00779. The number of carbonyl (C=O) groups is 1. The third kappa shape index (κ3) is 2.51. The topological polar surface area (TPSA) is 48.0 Å². The molecule has 5 heteroatoms. The van der Waals surface area contributed by atoms with Gasteiger partial charge in [0.15, 0.2) is 11.5 Å². The van der Waals surface area contributed by atoms with E-state index in [1.54, 1.807) is 0 Å². The monoisotopic (exact) mass is 325 g/mol. The lowest BCUT2D eigenvalue weighted by Gasteiger charge is -2.27. The van der Waals surface area contributed by atoms with Gasteiger partial charge in [0.1, 0.15) is 6.61 Å². The van der Waals surface area contributed by atoms with Gasteiger partial charge < -0.3 is 19.1 Å². The Hall–Kier alpha value is -2.53. The molecule has 2 aromatic carbocycles. The van der Waals surface area contributed by atoms with Gasteiger partial charge in [0.2, 0.25) is 6.79 Å². The summed E-state index contributed by atoms with van der Waals surface area (Å²) in [5, 5.41) is 0. The van der Waals surface area contributed by atoms with Crippen molar-refractivity contribution in [1.29, 1.82) is 0 Å². The molecule has 0 unspecified atom stereocenters. The Morgan fingerprint density at radius 2 is 1.71 bits per heavy atom.